The van der Waals surface area contributed by atoms with Crippen LogP contribution in [0.1, 0.15) is 25.8 Å². The number of alkyl carbamates (subject to hydrolysis) is 1. The second kappa shape index (κ2) is 7.45. The maximum atomic E-state index is 11.6. The van der Waals surface area contributed by atoms with Crippen LogP contribution in [0.4, 0.5) is 4.79 Å². The molecule has 0 aliphatic rings. The number of hydrogen-bond donors (Lipinski definition) is 1. The zero-order valence-corrected chi connectivity index (χ0v) is 11.6. The van der Waals surface area contributed by atoms with Gasteiger partial charge in [0.1, 0.15) is 6.61 Å². The molecule has 0 saturated heterocycles. The van der Waals surface area contributed by atoms with Crippen molar-refractivity contribution in [1.82, 2.24) is 5.32 Å². The number of carbonyl (C=O) groups excluding carboxylic acids is 1. The highest BCUT2D eigenvalue weighted by Gasteiger charge is 2.17. The third-order valence-corrected chi connectivity index (χ3v) is 2.72. The third-order valence-electron chi connectivity index (χ3n) is 2.72. The van der Waals surface area contributed by atoms with Gasteiger partial charge in [-0.1, -0.05) is 50.8 Å². The van der Waals surface area contributed by atoms with Crippen LogP contribution in [0.3, 0.4) is 0 Å². The van der Waals surface area contributed by atoms with Gasteiger partial charge >= 0.3 is 6.09 Å². The van der Waals surface area contributed by atoms with Crippen LogP contribution in [-0.2, 0) is 11.3 Å². The van der Waals surface area contributed by atoms with Gasteiger partial charge in [0, 0.05) is 6.54 Å². The van der Waals surface area contributed by atoms with Crippen molar-refractivity contribution in [3.63, 3.8) is 0 Å². The normalized spacial score (nSPS) is 10.4. The second-order valence-corrected chi connectivity index (χ2v) is 5.19. The first kappa shape index (κ1) is 15.1. The van der Waals surface area contributed by atoms with Gasteiger partial charge in [0.05, 0.1) is 0 Å². The maximum absolute atomic E-state index is 11.6. The van der Waals surface area contributed by atoms with Gasteiger partial charge in [0.2, 0.25) is 0 Å². The number of hydrogen-bond acceptors (Lipinski definition) is 2. The Bertz CT molecular complexity index is 445. The van der Waals surface area contributed by atoms with Crippen molar-refractivity contribution in [2.75, 3.05) is 6.54 Å². The molecule has 0 aliphatic heterocycles. The van der Waals surface area contributed by atoms with Gasteiger partial charge < -0.3 is 10.1 Å². The Morgan fingerprint density at radius 2 is 2.11 bits per heavy atom. The highest BCUT2D eigenvalue weighted by molar-refractivity contribution is 5.67. The fourth-order valence-corrected chi connectivity index (χ4v) is 1.51. The van der Waals surface area contributed by atoms with E-state index in [1.807, 2.05) is 36.4 Å². The zero-order chi connectivity index (χ0) is 14.1. The summed E-state index contributed by atoms with van der Waals surface area (Å²) >= 11 is 0. The van der Waals surface area contributed by atoms with E-state index in [4.69, 9.17) is 4.74 Å². The lowest BCUT2D eigenvalue weighted by Crippen LogP contribution is -2.34. The highest BCUT2D eigenvalue weighted by Crippen LogP contribution is 2.19. The Hall–Kier alpha value is -1.99. The Morgan fingerprint density at radius 1 is 1.42 bits per heavy atom. The van der Waals surface area contributed by atoms with Crippen LogP contribution in [0, 0.1) is 5.41 Å². The summed E-state index contributed by atoms with van der Waals surface area (Å²) in [6.45, 7) is 8.51. The molecule has 0 bridgehead atoms. The van der Waals surface area contributed by atoms with Crippen LogP contribution in [0.5, 0.6) is 0 Å². The molecular weight excluding hydrogens is 238 g/mol. The number of allylic oxidation sites excluding steroid dienone is 1. The molecule has 1 aromatic carbocycles. The maximum Gasteiger partial charge on any atom is 0.407 e. The number of carbonyl (C=O) groups is 1. The fraction of sp³-hybridized carbons (Fsp3) is 0.375. The first-order valence-electron chi connectivity index (χ1n) is 6.32. The molecule has 1 N–H and O–H groups in total. The van der Waals surface area contributed by atoms with Crippen molar-refractivity contribution < 1.29 is 9.53 Å². The van der Waals surface area contributed by atoms with E-state index in [-0.39, 0.29) is 11.5 Å². The predicted octanol–water partition coefficient (Wildman–Crippen LogP) is 3.67. The smallest absolute Gasteiger partial charge is 0.407 e. The third kappa shape index (κ3) is 6.49. The number of rotatable bonds is 6. The Morgan fingerprint density at radius 3 is 2.74 bits per heavy atom. The Balaban J connectivity index is 2.30. The van der Waals surface area contributed by atoms with E-state index in [0.717, 1.165) is 12.0 Å². The average molecular weight is 259 g/mol. The van der Waals surface area contributed by atoms with Gasteiger partial charge in [0.25, 0.3) is 0 Å². The van der Waals surface area contributed by atoms with E-state index in [1.165, 1.54) is 0 Å². The Labute approximate surface area is 115 Å². The van der Waals surface area contributed by atoms with Crippen LogP contribution in [0.15, 0.2) is 48.7 Å². The van der Waals surface area contributed by atoms with Crippen LogP contribution in [0.25, 0.3) is 0 Å². The molecule has 1 aromatic rings. The van der Waals surface area contributed by atoms with Gasteiger partial charge in [-0.3, -0.25) is 0 Å². The van der Waals surface area contributed by atoms with Gasteiger partial charge in [-0.2, -0.15) is 0 Å². The van der Waals surface area contributed by atoms with Gasteiger partial charge in [0.15, 0.2) is 0 Å². The largest absolute Gasteiger partial charge is 0.445 e. The quantitative estimate of drug-likeness (QED) is 0.792. The fourth-order valence-electron chi connectivity index (χ4n) is 1.51. The summed E-state index contributed by atoms with van der Waals surface area (Å²) in [6.07, 6.45) is 2.30. The standard InChI is InChI=1S/C16H21NO2/c1-4-5-11-16(2,3)13-17-15(18)19-12-14-9-7-6-8-10-14/h5-10H,1,11-13H2,2-3H3,(H,17,18). The number of nitrogens with one attached hydrogen (secondary N) is 1. The summed E-state index contributed by atoms with van der Waals surface area (Å²) in [5.74, 6) is 0. The molecule has 1 amide bonds. The molecule has 0 saturated carbocycles. The van der Waals surface area contributed by atoms with Crippen molar-refractivity contribution in [1.29, 1.82) is 0 Å². The van der Waals surface area contributed by atoms with E-state index in [1.54, 1.807) is 0 Å². The minimum absolute atomic E-state index is 0.0313. The van der Waals surface area contributed by atoms with Gasteiger partial charge in [-0.05, 0) is 23.5 Å². The van der Waals surface area contributed by atoms with Crippen molar-refractivity contribution in [2.45, 2.75) is 26.9 Å². The van der Waals surface area contributed by atoms with E-state index >= 15 is 0 Å². The molecule has 0 fully saturated rings. The van der Waals surface area contributed by atoms with Crippen LogP contribution in [0.2, 0.25) is 0 Å². The van der Waals surface area contributed by atoms with Crippen LogP contribution < -0.4 is 5.32 Å². The monoisotopic (exact) mass is 259 g/mol. The molecule has 3 heteroatoms. The zero-order valence-electron chi connectivity index (χ0n) is 11.6. The summed E-state index contributed by atoms with van der Waals surface area (Å²) in [5.41, 5.74) is 3.69. The lowest BCUT2D eigenvalue weighted by Gasteiger charge is -2.22. The molecular formula is C16H21NO2. The molecule has 3 nitrogen and oxygen atoms in total. The summed E-state index contributed by atoms with van der Waals surface area (Å²) in [7, 11) is 0. The molecule has 102 valence electrons. The van der Waals surface area contributed by atoms with Crippen molar-refractivity contribution >= 4 is 6.09 Å². The highest BCUT2D eigenvalue weighted by atomic mass is 16.5. The van der Waals surface area contributed by atoms with E-state index in [9.17, 15) is 4.79 Å². The molecule has 0 aromatic heterocycles. The SMILES string of the molecule is C=C=CCC(C)(C)CNC(=O)OCc1ccccc1. The van der Waals surface area contributed by atoms with Crippen LogP contribution >= 0.6 is 0 Å². The second-order valence-electron chi connectivity index (χ2n) is 5.19. The lowest BCUT2D eigenvalue weighted by molar-refractivity contribution is 0.135. The molecule has 19 heavy (non-hydrogen) atoms. The van der Waals surface area contributed by atoms with Crippen molar-refractivity contribution in [3.05, 3.63) is 54.3 Å². The summed E-state index contributed by atoms with van der Waals surface area (Å²) in [4.78, 5) is 11.6. The van der Waals surface area contributed by atoms with E-state index in [0.29, 0.717) is 13.2 Å². The molecule has 0 spiro atoms. The summed E-state index contributed by atoms with van der Waals surface area (Å²) in [6, 6.07) is 9.61. The molecule has 1 rings (SSSR count). The molecule has 0 radical (unpaired) electrons. The van der Waals surface area contributed by atoms with Crippen molar-refractivity contribution in [2.24, 2.45) is 5.41 Å². The molecule has 0 heterocycles. The molecule has 0 atom stereocenters. The minimum atomic E-state index is -0.389. The van der Waals surface area contributed by atoms with Gasteiger partial charge in [-0.25, -0.2) is 4.79 Å². The predicted molar refractivity (Wildman–Crippen MR) is 76.7 cm³/mol. The topological polar surface area (TPSA) is 38.3 Å². The summed E-state index contributed by atoms with van der Waals surface area (Å²) in [5, 5.41) is 2.77. The number of amides is 1. The summed E-state index contributed by atoms with van der Waals surface area (Å²) < 4.78 is 5.14. The average Bonchev–Trinajstić information content (AvgIpc) is 2.42. The van der Waals surface area contributed by atoms with Crippen molar-refractivity contribution in [3.8, 4) is 0 Å². The van der Waals surface area contributed by atoms with E-state index in [2.05, 4.69) is 31.5 Å². The Kier molecular flexibility index (Phi) is 5.91. The lowest BCUT2D eigenvalue weighted by atomic mass is 9.89. The minimum Gasteiger partial charge on any atom is -0.445 e. The first-order valence-corrected chi connectivity index (χ1v) is 6.32. The number of benzene rings is 1. The van der Waals surface area contributed by atoms with Crippen LogP contribution in [-0.4, -0.2) is 12.6 Å². The first-order chi connectivity index (χ1) is 9.03. The molecule has 0 unspecified atom stereocenters. The molecule has 0 aliphatic carbocycles. The van der Waals surface area contributed by atoms with Gasteiger partial charge in [-0.15, -0.1) is 5.73 Å². The van der Waals surface area contributed by atoms with E-state index < -0.39 is 0 Å². The number of ether oxygens (including phenoxy) is 1.